The Morgan fingerprint density at radius 1 is 1.40 bits per heavy atom. The molecule has 100 valence electrons. The first-order valence-electron chi connectivity index (χ1n) is 5.64. The second-order valence-corrected chi connectivity index (χ2v) is 4.07. The number of aromatic nitrogens is 1. The quantitative estimate of drug-likeness (QED) is 0.920. The zero-order valence-electron chi connectivity index (χ0n) is 10.2. The first-order valence-corrected chi connectivity index (χ1v) is 5.64. The molecule has 1 aromatic carbocycles. The van der Waals surface area contributed by atoms with E-state index >= 15 is 0 Å². The number of hydrogen-bond donors (Lipinski definition) is 1. The van der Waals surface area contributed by atoms with E-state index in [-0.39, 0.29) is 17.7 Å². The van der Waals surface area contributed by atoms with Crippen molar-refractivity contribution in [1.29, 1.82) is 5.26 Å². The molecule has 2 aromatic rings. The summed E-state index contributed by atoms with van der Waals surface area (Å²) in [6.45, 7) is 0.00310. The van der Waals surface area contributed by atoms with Gasteiger partial charge in [0.1, 0.15) is 11.4 Å². The van der Waals surface area contributed by atoms with Gasteiger partial charge in [-0.1, -0.05) is 6.07 Å². The smallest absolute Gasteiger partial charge is 0.341 e. The van der Waals surface area contributed by atoms with Crippen LogP contribution in [-0.2, 0) is 6.54 Å². The molecule has 5 nitrogen and oxygen atoms in total. The van der Waals surface area contributed by atoms with Gasteiger partial charge < -0.3 is 9.67 Å². The number of hydrogen-bond acceptors (Lipinski definition) is 3. The fraction of sp³-hybridized carbons (Fsp3) is 0.0714. The molecule has 0 spiro atoms. The summed E-state index contributed by atoms with van der Waals surface area (Å²) >= 11 is 0. The Balaban J connectivity index is 2.46. The minimum absolute atomic E-state index is 0.00310. The van der Waals surface area contributed by atoms with Crippen LogP contribution in [0.2, 0.25) is 0 Å². The van der Waals surface area contributed by atoms with Crippen molar-refractivity contribution in [3.05, 3.63) is 69.4 Å². The Morgan fingerprint density at radius 2 is 2.15 bits per heavy atom. The molecule has 0 bridgehead atoms. The zero-order chi connectivity index (χ0) is 14.7. The molecule has 0 aliphatic carbocycles. The van der Waals surface area contributed by atoms with E-state index in [4.69, 9.17) is 10.4 Å². The molecule has 20 heavy (non-hydrogen) atoms. The zero-order valence-corrected chi connectivity index (χ0v) is 10.2. The lowest BCUT2D eigenvalue weighted by molar-refractivity contribution is 0.0694. The molecular weight excluding hydrogens is 263 g/mol. The van der Waals surface area contributed by atoms with Gasteiger partial charge in [0.15, 0.2) is 0 Å². The Kier molecular flexibility index (Phi) is 3.62. The van der Waals surface area contributed by atoms with Crippen molar-refractivity contribution in [2.24, 2.45) is 0 Å². The summed E-state index contributed by atoms with van der Waals surface area (Å²) in [5.41, 5.74) is -0.475. The van der Waals surface area contributed by atoms with Crippen LogP contribution >= 0.6 is 0 Å². The molecule has 0 radical (unpaired) electrons. The SMILES string of the molecule is N#Cc1cc(F)ccc1Cn1cccc(C(=O)O)c1=O. The maximum atomic E-state index is 13.0. The van der Waals surface area contributed by atoms with Crippen molar-refractivity contribution in [3.63, 3.8) is 0 Å². The van der Waals surface area contributed by atoms with Crippen molar-refractivity contribution in [3.8, 4) is 6.07 Å². The Labute approximate surface area is 113 Å². The summed E-state index contributed by atoms with van der Waals surface area (Å²) in [4.78, 5) is 22.8. The third-order valence-corrected chi connectivity index (χ3v) is 2.78. The number of halogens is 1. The van der Waals surface area contributed by atoms with Crippen LogP contribution in [-0.4, -0.2) is 15.6 Å². The van der Waals surface area contributed by atoms with Crippen LogP contribution in [0.1, 0.15) is 21.5 Å². The van der Waals surface area contributed by atoms with Crippen LogP contribution in [0.25, 0.3) is 0 Å². The molecule has 0 amide bonds. The highest BCUT2D eigenvalue weighted by Gasteiger charge is 2.11. The monoisotopic (exact) mass is 272 g/mol. The van der Waals surface area contributed by atoms with Crippen LogP contribution in [0.5, 0.6) is 0 Å². The van der Waals surface area contributed by atoms with E-state index in [1.807, 2.05) is 6.07 Å². The van der Waals surface area contributed by atoms with Gasteiger partial charge in [-0.3, -0.25) is 4.79 Å². The number of carboxylic acid groups (broad SMARTS) is 1. The summed E-state index contributed by atoms with van der Waals surface area (Å²) in [5.74, 6) is -1.86. The van der Waals surface area contributed by atoms with Crippen LogP contribution in [0.3, 0.4) is 0 Å². The van der Waals surface area contributed by atoms with Crippen LogP contribution in [0.4, 0.5) is 4.39 Å². The van der Waals surface area contributed by atoms with Gasteiger partial charge in [0.05, 0.1) is 18.2 Å². The van der Waals surface area contributed by atoms with Crippen molar-refractivity contribution in [2.75, 3.05) is 0 Å². The molecule has 1 heterocycles. The molecule has 2 rings (SSSR count). The van der Waals surface area contributed by atoms with Crippen LogP contribution in [0.15, 0.2) is 41.3 Å². The molecule has 0 saturated carbocycles. The molecule has 0 aliphatic rings. The maximum Gasteiger partial charge on any atom is 0.341 e. The summed E-state index contributed by atoms with van der Waals surface area (Å²) in [7, 11) is 0. The Bertz CT molecular complexity index is 775. The molecule has 0 saturated heterocycles. The van der Waals surface area contributed by atoms with E-state index in [1.165, 1.54) is 30.5 Å². The van der Waals surface area contributed by atoms with Gasteiger partial charge in [-0.15, -0.1) is 0 Å². The standard InChI is InChI=1S/C14H9FN2O3/c15-11-4-3-9(10(6-11)7-16)8-17-5-1-2-12(13(17)18)14(19)20/h1-6H,8H2,(H,19,20). The summed E-state index contributed by atoms with van der Waals surface area (Å²) in [6, 6.07) is 8.13. The van der Waals surface area contributed by atoms with E-state index < -0.39 is 17.3 Å². The normalized spacial score (nSPS) is 10.0. The number of carbonyl (C=O) groups is 1. The van der Waals surface area contributed by atoms with E-state index in [2.05, 4.69) is 0 Å². The second kappa shape index (κ2) is 5.36. The molecule has 1 N–H and O–H groups in total. The third kappa shape index (κ3) is 2.57. The number of nitrogens with zero attached hydrogens (tertiary/aromatic N) is 2. The second-order valence-electron chi connectivity index (χ2n) is 4.07. The average Bonchev–Trinajstić information content (AvgIpc) is 2.42. The number of aromatic carboxylic acids is 1. The summed E-state index contributed by atoms with van der Waals surface area (Å²) in [6.07, 6.45) is 1.42. The van der Waals surface area contributed by atoms with E-state index in [1.54, 1.807) is 0 Å². The number of benzene rings is 1. The Morgan fingerprint density at radius 3 is 2.80 bits per heavy atom. The molecule has 1 aromatic heterocycles. The topological polar surface area (TPSA) is 83.1 Å². The first kappa shape index (κ1) is 13.5. The number of rotatable bonds is 3. The molecule has 0 fully saturated rings. The average molecular weight is 272 g/mol. The minimum Gasteiger partial charge on any atom is -0.477 e. The molecule has 0 unspecified atom stereocenters. The predicted octanol–water partition coefficient (Wildman–Crippen LogP) is 1.61. The van der Waals surface area contributed by atoms with Crippen molar-refractivity contribution < 1.29 is 14.3 Å². The van der Waals surface area contributed by atoms with Gasteiger partial charge in [-0.25, -0.2) is 9.18 Å². The fourth-order valence-corrected chi connectivity index (χ4v) is 1.80. The van der Waals surface area contributed by atoms with Crippen molar-refractivity contribution in [1.82, 2.24) is 4.57 Å². The largest absolute Gasteiger partial charge is 0.477 e. The lowest BCUT2D eigenvalue weighted by Gasteiger charge is -2.08. The predicted molar refractivity (Wildman–Crippen MR) is 67.9 cm³/mol. The third-order valence-electron chi connectivity index (χ3n) is 2.78. The first-order chi connectivity index (χ1) is 9.52. The van der Waals surface area contributed by atoms with Gasteiger partial charge in [0.25, 0.3) is 5.56 Å². The van der Waals surface area contributed by atoms with Gasteiger partial charge in [-0.2, -0.15) is 5.26 Å². The van der Waals surface area contributed by atoms with Gasteiger partial charge in [0.2, 0.25) is 0 Å². The molecular formula is C14H9FN2O3. The van der Waals surface area contributed by atoms with E-state index in [0.717, 1.165) is 10.6 Å². The van der Waals surface area contributed by atoms with Crippen molar-refractivity contribution in [2.45, 2.75) is 6.54 Å². The number of carboxylic acids is 1. The highest BCUT2D eigenvalue weighted by Crippen LogP contribution is 2.11. The van der Waals surface area contributed by atoms with Crippen molar-refractivity contribution >= 4 is 5.97 Å². The summed E-state index contributed by atoms with van der Waals surface area (Å²) < 4.78 is 14.2. The minimum atomic E-state index is -1.32. The lowest BCUT2D eigenvalue weighted by Crippen LogP contribution is -2.26. The van der Waals surface area contributed by atoms with Crippen LogP contribution < -0.4 is 5.56 Å². The highest BCUT2D eigenvalue weighted by molar-refractivity contribution is 5.86. The van der Waals surface area contributed by atoms with Gasteiger partial charge >= 0.3 is 5.97 Å². The van der Waals surface area contributed by atoms with Gasteiger partial charge in [0, 0.05) is 6.20 Å². The fourth-order valence-electron chi connectivity index (χ4n) is 1.80. The molecule has 0 aliphatic heterocycles. The van der Waals surface area contributed by atoms with Gasteiger partial charge in [-0.05, 0) is 29.8 Å². The molecule has 0 atom stereocenters. The Hall–Kier alpha value is -2.94. The summed E-state index contributed by atoms with van der Waals surface area (Å²) in [5, 5.41) is 17.8. The molecule has 6 heteroatoms. The maximum absolute atomic E-state index is 13.0. The van der Waals surface area contributed by atoms with E-state index in [9.17, 15) is 14.0 Å². The number of pyridine rings is 1. The van der Waals surface area contributed by atoms with E-state index in [0.29, 0.717) is 5.56 Å². The highest BCUT2D eigenvalue weighted by atomic mass is 19.1. The van der Waals surface area contributed by atoms with Crippen LogP contribution in [0, 0.1) is 17.1 Å². The number of nitriles is 1. The lowest BCUT2D eigenvalue weighted by atomic mass is 10.1.